The molecule has 0 atom stereocenters. The number of hydrogen-bond acceptors (Lipinski definition) is 5. The van der Waals surface area contributed by atoms with Crippen molar-refractivity contribution in [2.75, 3.05) is 5.73 Å². The third-order valence-electron chi connectivity index (χ3n) is 4.42. The fourth-order valence-electron chi connectivity index (χ4n) is 2.86. The minimum Gasteiger partial charge on any atom is -0.506 e. The summed E-state index contributed by atoms with van der Waals surface area (Å²) in [6, 6.07) is 4.92. The molecule has 5 heteroatoms. The molecule has 1 aromatic heterocycles. The van der Waals surface area contributed by atoms with E-state index in [0.29, 0.717) is 22.9 Å². The van der Waals surface area contributed by atoms with Crippen molar-refractivity contribution >= 4 is 5.69 Å². The first kappa shape index (κ1) is 13.9. The van der Waals surface area contributed by atoms with E-state index in [1.165, 1.54) is 18.9 Å². The molecule has 1 aliphatic carbocycles. The minimum atomic E-state index is 0.0630. The van der Waals surface area contributed by atoms with E-state index in [-0.39, 0.29) is 5.75 Å². The third kappa shape index (κ3) is 2.86. The summed E-state index contributed by atoms with van der Waals surface area (Å²) in [6.45, 7) is 4.62. The van der Waals surface area contributed by atoms with Gasteiger partial charge in [-0.15, -0.1) is 0 Å². The minimum absolute atomic E-state index is 0.0630. The summed E-state index contributed by atoms with van der Waals surface area (Å²) in [4.78, 5) is 4.51. The van der Waals surface area contributed by atoms with Gasteiger partial charge in [0, 0.05) is 11.5 Å². The van der Waals surface area contributed by atoms with Gasteiger partial charge in [-0.05, 0) is 49.3 Å². The molecule has 0 spiro atoms. The number of anilines is 1. The second-order valence-electron chi connectivity index (χ2n) is 6.67. The van der Waals surface area contributed by atoms with E-state index in [1.54, 1.807) is 12.1 Å². The maximum absolute atomic E-state index is 9.46. The Hall–Kier alpha value is -2.04. The van der Waals surface area contributed by atoms with Crippen LogP contribution in [0.2, 0.25) is 0 Å². The second-order valence-corrected chi connectivity index (χ2v) is 6.67. The third-order valence-corrected chi connectivity index (χ3v) is 4.42. The van der Waals surface area contributed by atoms with Crippen molar-refractivity contribution in [1.29, 1.82) is 0 Å². The Morgan fingerprint density at radius 2 is 2.00 bits per heavy atom. The fraction of sp³-hybridized carbons (Fsp3) is 0.500. The lowest BCUT2D eigenvalue weighted by Crippen LogP contribution is -2.20. The molecule has 2 aromatic rings. The molecule has 1 saturated carbocycles. The average Bonchev–Trinajstić information content (AvgIpc) is 2.91. The standard InChI is InChI=1S/C16H21N3O2/c1-16(2)7-5-10(6-8-16)14-18-15(21-19-14)11-3-4-13(20)12(17)9-11/h3-4,9-10,20H,5-8,17H2,1-2H3. The highest BCUT2D eigenvalue weighted by molar-refractivity contribution is 5.64. The Labute approximate surface area is 124 Å². The molecule has 0 radical (unpaired) electrons. The number of nitrogens with two attached hydrogens (primary N) is 1. The van der Waals surface area contributed by atoms with Crippen molar-refractivity contribution in [3.8, 4) is 17.2 Å². The summed E-state index contributed by atoms with van der Waals surface area (Å²) in [7, 11) is 0. The van der Waals surface area contributed by atoms with Gasteiger partial charge in [0.15, 0.2) is 5.82 Å². The van der Waals surface area contributed by atoms with Crippen LogP contribution >= 0.6 is 0 Å². The zero-order valence-corrected chi connectivity index (χ0v) is 12.5. The molecule has 0 bridgehead atoms. The van der Waals surface area contributed by atoms with Crippen LogP contribution in [-0.2, 0) is 0 Å². The Kier molecular flexibility index (Phi) is 3.35. The summed E-state index contributed by atoms with van der Waals surface area (Å²) in [5.41, 5.74) is 7.17. The number of benzene rings is 1. The molecule has 0 aliphatic heterocycles. The maximum atomic E-state index is 9.46. The van der Waals surface area contributed by atoms with Gasteiger partial charge < -0.3 is 15.4 Å². The number of nitrogen functional groups attached to an aromatic ring is 1. The van der Waals surface area contributed by atoms with E-state index >= 15 is 0 Å². The van der Waals surface area contributed by atoms with Crippen LogP contribution in [0.1, 0.15) is 51.3 Å². The highest BCUT2D eigenvalue weighted by atomic mass is 16.5. The van der Waals surface area contributed by atoms with Gasteiger partial charge in [-0.3, -0.25) is 0 Å². The van der Waals surface area contributed by atoms with E-state index < -0.39 is 0 Å². The van der Waals surface area contributed by atoms with Crippen molar-refractivity contribution in [1.82, 2.24) is 10.1 Å². The lowest BCUT2D eigenvalue weighted by molar-refractivity contribution is 0.218. The monoisotopic (exact) mass is 287 g/mol. The van der Waals surface area contributed by atoms with E-state index in [4.69, 9.17) is 10.3 Å². The number of aromatic hydroxyl groups is 1. The van der Waals surface area contributed by atoms with Crippen LogP contribution in [0, 0.1) is 5.41 Å². The summed E-state index contributed by atoms with van der Waals surface area (Å²) in [6.07, 6.45) is 4.58. The molecular formula is C16H21N3O2. The Morgan fingerprint density at radius 3 is 2.67 bits per heavy atom. The SMILES string of the molecule is CC1(C)CCC(c2noc(-c3ccc(O)c(N)c3)n2)CC1. The van der Waals surface area contributed by atoms with Gasteiger partial charge >= 0.3 is 0 Å². The van der Waals surface area contributed by atoms with Crippen molar-refractivity contribution in [2.45, 2.75) is 45.4 Å². The van der Waals surface area contributed by atoms with Crippen LogP contribution in [-0.4, -0.2) is 15.2 Å². The summed E-state index contributed by atoms with van der Waals surface area (Å²) >= 11 is 0. The molecule has 5 nitrogen and oxygen atoms in total. The molecule has 3 rings (SSSR count). The lowest BCUT2D eigenvalue weighted by atomic mass is 9.73. The first-order valence-corrected chi connectivity index (χ1v) is 7.37. The maximum Gasteiger partial charge on any atom is 0.258 e. The first-order valence-electron chi connectivity index (χ1n) is 7.37. The van der Waals surface area contributed by atoms with Gasteiger partial charge in [-0.1, -0.05) is 19.0 Å². The number of rotatable bonds is 2. The predicted octanol–water partition coefficient (Wildman–Crippen LogP) is 3.71. The Bertz CT molecular complexity index is 639. The van der Waals surface area contributed by atoms with E-state index in [1.807, 2.05) is 0 Å². The van der Waals surface area contributed by atoms with Crippen LogP contribution in [0.4, 0.5) is 5.69 Å². The Balaban J connectivity index is 1.79. The number of phenols is 1. The van der Waals surface area contributed by atoms with Crippen molar-refractivity contribution < 1.29 is 9.63 Å². The lowest BCUT2D eigenvalue weighted by Gasteiger charge is -2.32. The highest BCUT2D eigenvalue weighted by Gasteiger charge is 2.30. The zero-order valence-electron chi connectivity index (χ0n) is 12.5. The summed E-state index contributed by atoms with van der Waals surface area (Å²) < 4.78 is 5.35. The van der Waals surface area contributed by atoms with Crippen molar-refractivity contribution in [2.24, 2.45) is 5.41 Å². The number of hydrogen-bond donors (Lipinski definition) is 2. The topological polar surface area (TPSA) is 85.2 Å². The molecule has 112 valence electrons. The largest absolute Gasteiger partial charge is 0.506 e. The molecular weight excluding hydrogens is 266 g/mol. The first-order chi connectivity index (χ1) is 9.94. The second kappa shape index (κ2) is 5.06. The average molecular weight is 287 g/mol. The summed E-state index contributed by atoms with van der Waals surface area (Å²) in [5.74, 6) is 1.69. The number of phenolic OH excluding ortho intramolecular Hbond substituents is 1. The molecule has 1 heterocycles. The molecule has 0 saturated heterocycles. The molecule has 1 fully saturated rings. The number of aromatic nitrogens is 2. The van der Waals surface area contributed by atoms with Gasteiger partial charge in [0.1, 0.15) is 5.75 Å². The molecule has 1 aromatic carbocycles. The van der Waals surface area contributed by atoms with Gasteiger partial charge in [-0.2, -0.15) is 4.98 Å². The van der Waals surface area contributed by atoms with Gasteiger partial charge in [-0.25, -0.2) is 0 Å². The zero-order chi connectivity index (χ0) is 15.0. The fourth-order valence-corrected chi connectivity index (χ4v) is 2.86. The van der Waals surface area contributed by atoms with E-state index in [9.17, 15) is 5.11 Å². The van der Waals surface area contributed by atoms with Gasteiger partial charge in [0.05, 0.1) is 5.69 Å². The van der Waals surface area contributed by atoms with Gasteiger partial charge in [0.2, 0.25) is 0 Å². The quantitative estimate of drug-likeness (QED) is 0.649. The van der Waals surface area contributed by atoms with Gasteiger partial charge in [0.25, 0.3) is 5.89 Å². The van der Waals surface area contributed by atoms with Crippen molar-refractivity contribution in [3.63, 3.8) is 0 Å². The van der Waals surface area contributed by atoms with Crippen LogP contribution in [0.15, 0.2) is 22.7 Å². The Morgan fingerprint density at radius 1 is 1.29 bits per heavy atom. The molecule has 3 N–H and O–H groups in total. The van der Waals surface area contributed by atoms with E-state index in [2.05, 4.69) is 24.0 Å². The summed E-state index contributed by atoms with van der Waals surface area (Å²) in [5, 5.41) is 13.6. The van der Waals surface area contributed by atoms with E-state index in [0.717, 1.165) is 24.2 Å². The smallest absolute Gasteiger partial charge is 0.258 e. The van der Waals surface area contributed by atoms with Crippen LogP contribution in [0.3, 0.4) is 0 Å². The molecule has 1 aliphatic rings. The highest BCUT2D eigenvalue weighted by Crippen LogP contribution is 2.41. The van der Waals surface area contributed by atoms with Crippen LogP contribution in [0.25, 0.3) is 11.5 Å². The predicted molar refractivity (Wildman–Crippen MR) is 80.8 cm³/mol. The normalized spacial score (nSPS) is 18.8. The molecule has 21 heavy (non-hydrogen) atoms. The molecule has 0 amide bonds. The van der Waals surface area contributed by atoms with Crippen LogP contribution < -0.4 is 5.73 Å². The number of nitrogens with zero attached hydrogens (tertiary/aromatic N) is 2. The van der Waals surface area contributed by atoms with Crippen LogP contribution in [0.5, 0.6) is 5.75 Å². The van der Waals surface area contributed by atoms with Crippen molar-refractivity contribution in [3.05, 3.63) is 24.0 Å². The molecule has 0 unspecified atom stereocenters.